The quantitative estimate of drug-likeness (QED) is 0.302. The lowest BCUT2D eigenvalue weighted by Gasteiger charge is -2.25. The van der Waals surface area contributed by atoms with Crippen LogP contribution in [0.25, 0.3) is 5.76 Å². The molecule has 1 saturated heterocycles. The molecule has 2 aromatic rings. The number of nitrogens with zero attached hydrogens (tertiary/aromatic N) is 3. The molecule has 1 fully saturated rings. The summed E-state index contributed by atoms with van der Waals surface area (Å²) in [5.41, 5.74) is 2.46. The van der Waals surface area contributed by atoms with Crippen LogP contribution < -0.4 is 4.74 Å². The molecule has 1 aromatic carbocycles. The van der Waals surface area contributed by atoms with E-state index in [4.69, 9.17) is 9.47 Å². The summed E-state index contributed by atoms with van der Waals surface area (Å²) < 4.78 is 12.3. The summed E-state index contributed by atoms with van der Waals surface area (Å²) in [6.07, 6.45) is 1.64. The highest BCUT2D eigenvalue weighted by molar-refractivity contribution is 6.46. The van der Waals surface area contributed by atoms with Gasteiger partial charge in [0.25, 0.3) is 11.7 Å². The second-order valence-electron chi connectivity index (χ2n) is 7.32. The van der Waals surface area contributed by atoms with Gasteiger partial charge in [0.05, 0.1) is 29.5 Å². The molecule has 0 saturated carbocycles. The average molecular weight is 425 g/mol. The largest absolute Gasteiger partial charge is 0.507 e. The van der Waals surface area contributed by atoms with Gasteiger partial charge in [-0.05, 0) is 31.5 Å². The number of benzene rings is 1. The lowest BCUT2D eigenvalue weighted by atomic mass is 9.94. The fourth-order valence-corrected chi connectivity index (χ4v) is 3.80. The molecule has 0 aliphatic carbocycles. The van der Waals surface area contributed by atoms with E-state index in [1.807, 2.05) is 0 Å². The molecule has 1 N–H and O–H groups in total. The van der Waals surface area contributed by atoms with Crippen LogP contribution in [0.5, 0.6) is 5.75 Å². The van der Waals surface area contributed by atoms with Gasteiger partial charge < -0.3 is 19.5 Å². The molecule has 0 radical (unpaired) electrons. The minimum Gasteiger partial charge on any atom is -0.507 e. The second kappa shape index (κ2) is 9.18. The molecule has 2 heterocycles. The highest BCUT2D eigenvalue weighted by Gasteiger charge is 2.46. The van der Waals surface area contributed by atoms with E-state index in [1.54, 1.807) is 55.9 Å². The summed E-state index contributed by atoms with van der Waals surface area (Å²) in [5.74, 6) is -0.988. The van der Waals surface area contributed by atoms with E-state index in [9.17, 15) is 14.7 Å². The van der Waals surface area contributed by atoms with Crippen molar-refractivity contribution in [1.82, 2.24) is 14.7 Å². The molecule has 1 aliphatic heterocycles. The standard InChI is InChI=1S/C23H27N3O5/c1-6-12-31-17-9-7-16(8-10-17)20-19(22(28)23(29)26(20)11-13-30-5)21(27)18-14(2)24-25(4)15(18)3/h6-10,20,27H,1,11-13H2,2-5H3/b21-19+. The number of rotatable bonds is 8. The van der Waals surface area contributed by atoms with E-state index in [0.717, 1.165) is 0 Å². The summed E-state index contributed by atoms with van der Waals surface area (Å²) in [4.78, 5) is 27.3. The molecule has 31 heavy (non-hydrogen) atoms. The Balaban J connectivity index is 2.14. The predicted molar refractivity (Wildman–Crippen MR) is 116 cm³/mol. The Kier molecular flexibility index (Phi) is 6.60. The summed E-state index contributed by atoms with van der Waals surface area (Å²) in [6.45, 7) is 8.02. The zero-order valence-corrected chi connectivity index (χ0v) is 18.2. The van der Waals surface area contributed by atoms with Crippen molar-refractivity contribution in [2.45, 2.75) is 19.9 Å². The molecular formula is C23H27N3O5. The van der Waals surface area contributed by atoms with Gasteiger partial charge in [-0.1, -0.05) is 24.8 Å². The van der Waals surface area contributed by atoms with Gasteiger partial charge in [0.1, 0.15) is 18.1 Å². The topological polar surface area (TPSA) is 93.9 Å². The maximum Gasteiger partial charge on any atom is 0.295 e. The minimum atomic E-state index is -0.748. The number of methoxy groups -OCH3 is 1. The average Bonchev–Trinajstić information content (AvgIpc) is 3.16. The number of ketones is 1. The molecule has 1 aromatic heterocycles. The molecular weight excluding hydrogens is 398 g/mol. The van der Waals surface area contributed by atoms with Crippen LogP contribution in [-0.4, -0.2) is 58.3 Å². The van der Waals surface area contributed by atoms with Crippen LogP contribution in [-0.2, 0) is 21.4 Å². The Labute approximate surface area is 181 Å². The maximum atomic E-state index is 13.0. The maximum absolute atomic E-state index is 13.0. The first-order chi connectivity index (χ1) is 14.8. The fraction of sp³-hybridized carbons (Fsp3) is 0.348. The zero-order valence-electron chi connectivity index (χ0n) is 18.2. The van der Waals surface area contributed by atoms with E-state index in [-0.39, 0.29) is 24.5 Å². The monoisotopic (exact) mass is 425 g/mol. The normalized spacial score (nSPS) is 17.9. The van der Waals surface area contributed by atoms with Gasteiger partial charge in [-0.3, -0.25) is 14.3 Å². The summed E-state index contributed by atoms with van der Waals surface area (Å²) in [6, 6.07) is 6.34. The number of ether oxygens (including phenoxy) is 2. The van der Waals surface area contributed by atoms with Crippen molar-refractivity contribution in [2.75, 3.05) is 26.9 Å². The van der Waals surface area contributed by atoms with Gasteiger partial charge >= 0.3 is 0 Å². The Morgan fingerprint density at radius 1 is 1.26 bits per heavy atom. The minimum absolute atomic E-state index is 0.0417. The number of Topliss-reactive ketones (excluding diaryl/α,β-unsaturated/α-hetero) is 1. The third-order valence-corrected chi connectivity index (χ3v) is 5.39. The van der Waals surface area contributed by atoms with Crippen LogP contribution in [0.15, 0.2) is 42.5 Å². The Morgan fingerprint density at radius 3 is 2.48 bits per heavy atom. The van der Waals surface area contributed by atoms with E-state index >= 15 is 0 Å². The van der Waals surface area contributed by atoms with Gasteiger partial charge in [-0.2, -0.15) is 5.10 Å². The van der Waals surface area contributed by atoms with Gasteiger partial charge in [0, 0.05) is 26.4 Å². The number of carbonyl (C=O) groups excluding carboxylic acids is 2. The number of hydrogen-bond acceptors (Lipinski definition) is 6. The van der Waals surface area contributed by atoms with Crippen molar-refractivity contribution in [3.63, 3.8) is 0 Å². The van der Waals surface area contributed by atoms with E-state index in [2.05, 4.69) is 11.7 Å². The lowest BCUT2D eigenvalue weighted by molar-refractivity contribution is -0.140. The zero-order chi connectivity index (χ0) is 22.7. The predicted octanol–water partition coefficient (Wildman–Crippen LogP) is 2.67. The highest BCUT2D eigenvalue weighted by atomic mass is 16.5. The SMILES string of the molecule is C=CCOc1ccc(C2/C(=C(\O)c3c(C)nn(C)c3C)C(=O)C(=O)N2CCOC)cc1. The first kappa shape index (κ1) is 22.3. The molecule has 1 amide bonds. The number of likely N-dealkylation sites (tertiary alicyclic amines) is 1. The molecule has 0 spiro atoms. The van der Waals surface area contributed by atoms with Gasteiger partial charge in [-0.15, -0.1) is 0 Å². The van der Waals surface area contributed by atoms with Gasteiger partial charge in [0.2, 0.25) is 0 Å². The van der Waals surface area contributed by atoms with Crippen molar-refractivity contribution in [3.05, 3.63) is 65.0 Å². The lowest BCUT2D eigenvalue weighted by Crippen LogP contribution is -2.32. The Bertz CT molecular complexity index is 1040. The summed E-state index contributed by atoms with van der Waals surface area (Å²) in [5, 5.41) is 15.5. The van der Waals surface area contributed by atoms with Crippen LogP contribution in [0.1, 0.15) is 28.6 Å². The Morgan fingerprint density at radius 2 is 1.94 bits per heavy atom. The Hall–Kier alpha value is -3.39. The number of aryl methyl sites for hydroxylation is 2. The van der Waals surface area contributed by atoms with E-state index in [0.29, 0.717) is 34.9 Å². The number of aliphatic hydroxyl groups excluding tert-OH is 1. The van der Waals surface area contributed by atoms with Crippen molar-refractivity contribution >= 4 is 17.4 Å². The molecule has 3 rings (SSSR count). The van der Waals surface area contributed by atoms with Crippen LogP contribution in [0.2, 0.25) is 0 Å². The molecule has 1 atom stereocenters. The molecule has 164 valence electrons. The van der Waals surface area contributed by atoms with Crippen molar-refractivity contribution < 1.29 is 24.2 Å². The van der Waals surface area contributed by atoms with Crippen LogP contribution in [0, 0.1) is 13.8 Å². The fourth-order valence-electron chi connectivity index (χ4n) is 3.80. The van der Waals surface area contributed by atoms with E-state index < -0.39 is 17.7 Å². The van der Waals surface area contributed by atoms with Gasteiger partial charge in [-0.25, -0.2) is 0 Å². The van der Waals surface area contributed by atoms with E-state index in [1.165, 1.54) is 12.0 Å². The van der Waals surface area contributed by atoms with Crippen LogP contribution in [0.4, 0.5) is 0 Å². The third kappa shape index (κ3) is 4.11. The summed E-state index contributed by atoms with van der Waals surface area (Å²) in [7, 11) is 3.29. The third-order valence-electron chi connectivity index (χ3n) is 5.39. The number of carbonyl (C=O) groups is 2. The number of aromatic nitrogens is 2. The second-order valence-corrected chi connectivity index (χ2v) is 7.32. The first-order valence-electron chi connectivity index (χ1n) is 9.93. The van der Waals surface area contributed by atoms with Crippen molar-refractivity contribution in [1.29, 1.82) is 0 Å². The number of aliphatic hydroxyl groups is 1. The van der Waals surface area contributed by atoms with Crippen LogP contribution in [0.3, 0.4) is 0 Å². The molecule has 8 nitrogen and oxygen atoms in total. The smallest absolute Gasteiger partial charge is 0.295 e. The summed E-state index contributed by atoms with van der Waals surface area (Å²) >= 11 is 0. The highest BCUT2D eigenvalue weighted by Crippen LogP contribution is 2.40. The van der Waals surface area contributed by atoms with Crippen LogP contribution >= 0.6 is 0 Å². The number of hydrogen-bond donors (Lipinski definition) is 1. The first-order valence-corrected chi connectivity index (χ1v) is 9.93. The molecule has 1 aliphatic rings. The van der Waals surface area contributed by atoms with Gasteiger partial charge in [0.15, 0.2) is 0 Å². The molecule has 1 unspecified atom stereocenters. The molecule has 0 bridgehead atoms. The number of amides is 1. The van der Waals surface area contributed by atoms with Crippen molar-refractivity contribution in [3.8, 4) is 5.75 Å². The van der Waals surface area contributed by atoms with Crippen molar-refractivity contribution in [2.24, 2.45) is 7.05 Å². The molecule has 8 heteroatoms.